The van der Waals surface area contributed by atoms with Crippen molar-refractivity contribution in [1.82, 2.24) is 0 Å². The summed E-state index contributed by atoms with van der Waals surface area (Å²) in [5.74, 6) is 0. The van der Waals surface area contributed by atoms with Crippen LogP contribution in [0.2, 0.25) is 0 Å². The van der Waals surface area contributed by atoms with Crippen molar-refractivity contribution in [3.05, 3.63) is 71.8 Å². The van der Waals surface area contributed by atoms with Crippen LogP contribution < -0.4 is 11.5 Å². The van der Waals surface area contributed by atoms with Gasteiger partial charge in [-0.15, -0.1) is 0 Å². The van der Waals surface area contributed by atoms with Crippen LogP contribution in [-0.2, 0) is 19.0 Å². The molecular weight excluding hydrogens is 375 g/mol. The monoisotopic (exact) mass is 404 g/mol. The second kappa shape index (κ2) is 9.31. The molecular formula is C21H29N2O4P. The van der Waals surface area contributed by atoms with Crippen LogP contribution in [0.15, 0.2) is 60.7 Å². The first kappa shape index (κ1) is 21.2. The summed E-state index contributed by atoms with van der Waals surface area (Å²) in [6.07, 6.45) is 2.66. The van der Waals surface area contributed by atoms with Crippen LogP contribution >= 0.6 is 7.82 Å². The maximum atomic E-state index is 12.2. The molecule has 0 amide bonds. The SMILES string of the molecule is NC[C@@H](N)COP(=O)(O)OC1CCC(c2ccccc2)(c2ccccc2)CC1. The van der Waals surface area contributed by atoms with Crippen molar-refractivity contribution in [3.8, 4) is 0 Å². The zero-order valence-electron chi connectivity index (χ0n) is 15.9. The molecule has 2 aromatic carbocycles. The third-order valence-electron chi connectivity index (χ3n) is 5.48. The van der Waals surface area contributed by atoms with E-state index in [9.17, 15) is 9.46 Å². The number of phosphoric acid groups is 1. The summed E-state index contributed by atoms with van der Waals surface area (Å²) in [6, 6.07) is 20.4. The van der Waals surface area contributed by atoms with Gasteiger partial charge in [-0.05, 0) is 36.8 Å². The molecule has 28 heavy (non-hydrogen) atoms. The lowest BCUT2D eigenvalue weighted by Gasteiger charge is -2.41. The Bertz CT molecular complexity index is 738. The van der Waals surface area contributed by atoms with Crippen LogP contribution in [0.4, 0.5) is 0 Å². The van der Waals surface area contributed by atoms with E-state index < -0.39 is 13.9 Å². The summed E-state index contributed by atoms with van der Waals surface area (Å²) in [4.78, 5) is 9.99. The minimum atomic E-state index is -4.15. The van der Waals surface area contributed by atoms with Crippen LogP contribution in [0.3, 0.4) is 0 Å². The molecule has 0 spiro atoms. The summed E-state index contributed by atoms with van der Waals surface area (Å²) in [7, 11) is -4.15. The topological polar surface area (TPSA) is 108 Å². The normalized spacial score (nSPS) is 20.4. The molecule has 1 unspecified atom stereocenters. The maximum absolute atomic E-state index is 12.2. The van der Waals surface area contributed by atoms with E-state index in [0.717, 1.165) is 12.8 Å². The maximum Gasteiger partial charge on any atom is 0.472 e. The van der Waals surface area contributed by atoms with Gasteiger partial charge in [-0.25, -0.2) is 4.57 Å². The molecule has 6 nitrogen and oxygen atoms in total. The molecule has 1 saturated carbocycles. The van der Waals surface area contributed by atoms with E-state index in [1.54, 1.807) is 0 Å². The fourth-order valence-electron chi connectivity index (χ4n) is 3.92. The Balaban J connectivity index is 1.71. The Morgan fingerprint density at radius 3 is 2.00 bits per heavy atom. The predicted molar refractivity (Wildman–Crippen MR) is 110 cm³/mol. The molecule has 0 bridgehead atoms. The largest absolute Gasteiger partial charge is 0.472 e. The van der Waals surface area contributed by atoms with E-state index in [-0.39, 0.29) is 24.7 Å². The van der Waals surface area contributed by atoms with Gasteiger partial charge in [0, 0.05) is 18.0 Å². The minimum Gasteiger partial charge on any atom is -0.329 e. The lowest BCUT2D eigenvalue weighted by atomic mass is 9.65. The van der Waals surface area contributed by atoms with Crippen molar-refractivity contribution in [2.75, 3.05) is 13.2 Å². The molecule has 0 saturated heterocycles. The molecule has 152 valence electrons. The van der Waals surface area contributed by atoms with Gasteiger partial charge < -0.3 is 16.4 Å². The van der Waals surface area contributed by atoms with Crippen molar-refractivity contribution in [2.24, 2.45) is 11.5 Å². The molecule has 2 atom stereocenters. The van der Waals surface area contributed by atoms with Gasteiger partial charge in [0.1, 0.15) is 0 Å². The van der Waals surface area contributed by atoms with E-state index in [2.05, 4.69) is 48.5 Å². The average Bonchev–Trinajstić information content (AvgIpc) is 2.74. The van der Waals surface area contributed by atoms with Crippen LogP contribution in [-0.4, -0.2) is 30.2 Å². The highest BCUT2D eigenvalue weighted by Gasteiger charge is 2.40. The molecule has 2 aromatic rings. The Morgan fingerprint density at radius 1 is 1.04 bits per heavy atom. The van der Waals surface area contributed by atoms with Gasteiger partial charge in [0.05, 0.1) is 12.7 Å². The molecule has 1 aliphatic carbocycles. The first-order valence-corrected chi connectivity index (χ1v) is 11.2. The quantitative estimate of drug-likeness (QED) is 0.583. The molecule has 0 aromatic heterocycles. The van der Waals surface area contributed by atoms with E-state index in [1.165, 1.54) is 11.1 Å². The van der Waals surface area contributed by atoms with Crippen molar-refractivity contribution < 1.29 is 18.5 Å². The van der Waals surface area contributed by atoms with Gasteiger partial charge in [-0.1, -0.05) is 60.7 Å². The Hall–Kier alpha value is -1.53. The van der Waals surface area contributed by atoms with Gasteiger partial charge in [0.2, 0.25) is 0 Å². The predicted octanol–water partition coefficient (Wildman–Crippen LogP) is 3.33. The molecule has 1 fully saturated rings. The van der Waals surface area contributed by atoms with Crippen LogP contribution in [0, 0.1) is 0 Å². The molecule has 1 aliphatic rings. The van der Waals surface area contributed by atoms with Crippen molar-refractivity contribution in [3.63, 3.8) is 0 Å². The minimum absolute atomic E-state index is 0.102. The number of rotatable bonds is 8. The summed E-state index contributed by atoms with van der Waals surface area (Å²) in [6.45, 7) is 0.0784. The van der Waals surface area contributed by atoms with Gasteiger partial charge in [-0.3, -0.25) is 9.05 Å². The van der Waals surface area contributed by atoms with Crippen LogP contribution in [0.1, 0.15) is 36.8 Å². The van der Waals surface area contributed by atoms with E-state index in [1.807, 2.05) is 12.1 Å². The van der Waals surface area contributed by atoms with Gasteiger partial charge >= 0.3 is 7.82 Å². The Kier molecular flexibility index (Phi) is 7.05. The summed E-state index contributed by atoms with van der Waals surface area (Å²) in [5.41, 5.74) is 13.5. The molecule has 3 rings (SSSR count). The van der Waals surface area contributed by atoms with Gasteiger partial charge in [-0.2, -0.15) is 0 Å². The summed E-state index contributed by atoms with van der Waals surface area (Å²) in [5, 5.41) is 0. The molecule has 0 heterocycles. The third-order valence-corrected chi connectivity index (χ3v) is 6.52. The lowest BCUT2D eigenvalue weighted by Crippen LogP contribution is -2.36. The van der Waals surface area contributed by atoms with Crippen LogP contribution in [0.5, 0.6) is 0 Å². The van der Waals surface area contributed by atoms with Crippen molar-refractivity contribution in [1.29, 1.82) is 0 Å². The van der Waals surface area contributed by atoms with Crippen molar-refractivity contribution >= 4 is 7.82 Å². The molecule has 5 N–H and O–H groups in total. The zero-order valence-corrected chi connectivity index (χ0v) is 16.8. The summed E-state index contributed by atoms with van der Waals surface area (Å²) < 4.78 is 22.6. The smallest absolute Gasteiger partial charge is 0.329 e. The highest BCUT2D eigenvalue weighted by atomic mass is 31.2. The van der Waals surface area contributed by atoms with Gasteiger partial charge in [0.15, 0.2) is 0 Å². The lowest BCUT2D eigenvalue weighted by molar-refractivity contribution is 0.0683. The Labute approximate surface area is 166 Å². The highest BCUT2D eigenvalue weighted by molar-refractivity contribution is 7.47. The number of benzene rings is 2. The Morgan fingerprint density at radius 2 is 1.54 bits per heavy atom. The molecule has 7 heteroatoms. The average molecular weight is 404 g/mol. The van der Waals surface area contributed by atoms with Gasteiger partial charge in [0.25, 0.3) is 0 Å². The number of nitrogens with two attached hydrogens (primary N) is 2. The van der Waals surface area contributed by atoms with E-state index >= 15 is 0 Å². The van der Waals surface area contributed by atoms with Crippen molar-refractivity contribution in [2.45, 2.75) is 43.2 Å². The number of phosphoric ester groups is 1. The van der Waals surface area contributed by atoms with E-state index in [0.29, 0.717) is 12.8 Å². The zero-order chi connectivity index (χ0) is 20.0. The number of hydrogen-bond acceptors (Lipinski definition) is 5. The second-order valence-corrected chi connectivity index (χ2v) is 8.79. The summed E-state index contributed by atoms with van der Waals surface area (Å²) >= 11 is 0. The molecule has 0 radical (unpaired) electrons. The van der Waals surface area contributed by atoms with Crippen LogP contribution in [0.25, 0.3) is 0 Å². The first-order chi connectivity index (χ1) is 13.5. The second-order valence-electron chi connectivity index (χ2n) is 7.38. The first-order valence-electron chi connectivity index (χ1n) is 9.68. The highest BCUT2D eigenvalue weighted by Crippen LogP contribution is 2.51. The number of hydrogen-bond donors (Lipinski definition) is 3. The fraction of sp³-hybridized carbons (Fsp3) is 0.429. The fourth-order valence-corrected chi connectivity index (χ4v) is 4.95. The molecule has 0 aliphatic heterocycles. The van der Waals surface area contributed by atoms with E-state index in [4.69, 9.17) is 20.5 Å². The standard InChI is InChI=1S/C21H29N2O4P/c22-15-19(23)16-26-28(24,25)27-20-11-13-21(14-12-20,17-7-3-1-4-8-17)18-9-5-2-6-10-18/h1-10,19-20H,11-16,22-23H2,(H,24,25)/t19-/m1/s1. The third kappa shape index (κ3) is 5.09.